The third kappa shape index (κ3) is 17.5. The van der Waals surface area contributed by atoms with Gasteiger partial charge in [-0.1, -0.05) is 44.2 Å². The summed E-state index contributed by atoms with van der Waals surface area (Å²) >= 11 is 0. The van der Waals surface area contributed by atoms with Crippen LogP contribution in [0.3, 0.4) is 0 Å². The van der Waals surface area contributed by atoms with Crippen LogP contribution >= 0.6 is 7.60 Å². The predicted octanol–water partition coefficient (Wildman–Crippen LogP) is 3.02. The fraction of sp³-hybridized carbons (Fsp3) is 0.600. The molecule has 1 atom stereocenters. The number of carbonyl (C=O) groups is 1. The highest BCUT2D eigenvalue weighted by atomic mass is 31.2. The molecule has 3 rings (SSSR count). The van der Waals surface area contributed by atoms with E-state index in [1.165, 1.54) is 32.3 Å². The molecule has 0 aliphatic heterocycles. The van der Waals surface area contributed by atoms with Crippen molar-refractivity contribution in [2.24, 2.45) is 11.7 Å². The maximum atomic E-state index is 14.1. The Morgan fingerprint density at radius 1 is 1.18 bits per heavy atom. The first kappa shape index (κ1) is 34.3. The predicted molar refractivity (Wildman–Crippen MR) is 150 cm³/mol. The Balaban J connectivity index is 0.000000453. The molecule has 0 bridgehead atoms. The van der Waals surface area contributed by atoms with Crippen LogP contribution in [-0.2, 0) is 21.4 Å². The Bertz CT molecular complexity index is 1040. The summed E-state index contributed by atoms with van der Waals surface area (Å²) in [5.41, 5.74) is 10.5. The lowest BCUT2D eigenvalue weighted by atomic mass is 10.0. The Morgan fingerprint density at radius 3 is 2.26 bits per heavy atom. The standard InChI is InChI=1S/C19H26FN5.C3H8NO5P.C3H9N/c1-19(2,20)16-23-17(21)25-18(24-16)22-15(14-11-12-14)10-6-9-13-7-4-3-5-8-13;5-3(6)1-4-2-10(7,8)9;1-3(2)4/h3-5,7-8,14-15H,6,9-12H2,1-2H3,(H3,21,22,23,24,25);4H,1-2H2,(H,5,6)(H2,7,8,9);3H,4H2,1-2H3. The number of aromatic nitrogens is 3. The molecule has 220 valence electrons. The number of halogens is 1. The van der Waals surface area contributed by atoms with E-state index in [4.69, 9.17) is 26.4 Å². The molecule has 1 aromatic heterocycles. The number of hydrogen-bond acceptors (Lipinski definition) is 9. The van der Waals surface area contributed by atoms with Crippen molar-refractivity contribution in [3.63, 3.8) is 0 Å². The third-order valence-electron chi connectivity index (χ3n) is 5.11. The van der Waals surface area contributed by atoms with Gasteiger partial charge in [0.15, 0.2) is 11.5 Å². The van der Waals surface area contributed by atoms with Crippen molar-refractivity contribution in [2.45, 2.75) is 77.6 Å². The van der Waals surface area contributed by atoms with Crippen LogP contribution in [0, 0.1) is 5.92 Å². The second-order valence-corrected chi connectivity index (χ2v) is 11.8. The van der Waals surface area contributed by atoms with Crippen LogP contribution in [0.5, 0.6) is 0 Å². The van der Waals surface area contributed by atoms with E-state index >= 15 is 0 Å². The second-order valence-electron chi connectivity index (χ2n) is 10.2. The first-order valence-corrected chi connectivity index (χ1v) is 14.6. The summed E-state index contributed by atoms with van der Waals surface area (Å²) < 4.78 is 24.2. The van der Waals surface area contributed by atoms with Crippen molar-refractivity contribution in [2.75, 3.05) is 23.9 Å². The molecule has 12 nitrogen and oxygen atoms in total. The molecule has 1 heterocycles. The Hall–Kier alpha value is -2.70. The largest absolute Gasteiger partial charge is 0.480 e. The van der Waals surface area contributed by atoms with Crippen LogP contribution in [-0.4, -0.2) is 60.7 Å². The zero-order valence-electron chi connectivity index (χ0n) is 23.0. The maximum absolute atomic E-state index is 14.1. The maximum Gasteiger partial charge on any atom is 0.339 e. The lowest BCUT2D eigenvalue weighted by Crippen LogP contribution is -2.25. The number of benzene rings is 1. The van der Waals surface area contributed by atoms with E-state index in [2.05, 4.69) is 49.9 Å². The molecule has 2 aromatic rings. The summed E-state index contributed by atoms with van der Waals surface area (Å²) in [4.78, 5) is 38.4. The van der Waals surface area contributed by atoms with Gasteiger partial charge in [-0.25, -0.2) is 4.39 Å². The molecular formula is C25H43FN7O5P. The third-order valence-corrected chi connectivity index (χ3v) is 5.74. The molecule has 1 fully saturated rings. The number of alkyl halides is 1. The number of aryl methyl sites for hydroxylation is 1. The second kappa shape index (κ2) is 16.4. The minimum Gasteiger partial charge on any atom is -0.480 e. The van der Waals surface area contributed by atoms with Gasteiger partial charge in [-0.3, -0.25) is 14.7 Å². The molecule has 0 saturated heterocycles. The van der Waals surface area contributed by atoms with Gasteiger partial charge in [-0.2, -0.15) is 15.0 Å². The average molecular weight is 572 g/mol. The first-order chi connectivity index (χ1) is 18.1. The number of nitrogens with two attached hydrogens (primary N) is 2. The fourth-order valence-corrected chi connectivity index (χ4v) is 3.70. The highest BCUT2D eigenvalue weighted by molar-refractivity contribution is 7.51. The zero-order valence-corrected chi connectivity index (χ0v) is 23.9. The Kier molecular flexibility index (Phi) is 14.4. The highest BCUT2D eigenvalue weighted by Crippen LogP contribution is 2.36. The van der Waals surface area contributed by atoms with E-state index in [1.54, 1.807) is 0 Å². The van der Waals surface area contributed by atoms with Gasteiger partial charge in [0.25, 0.3) is 0 Å². The molecule has 0 radical (unpaired) electrons. The van der Waals surface area contributed by atoms with Crippen molar-refractivity contribution in [3.05, 3.63) is 41.7 Å². The minimum atomic E-state index is -4.10. The van der Waals surface area contributed by atoms with Gasteiger partial charge in [-0.15, -0.1) is 0 Å². The summed E-state index contributed by atoms with van der Waals surface area (Å²) in [6.45, 7) is 6.29. The molecule has 9 N–H and O–H groups in total. The summed E-state index contributed by atoms with van der Waals surface area (Å²) in [6, 6.07) is 11.1. The normalized spacial score (nSPS) is 14.0. The van der Waals surface area contributed by atoms with Gasteiger partial charge >= 0.3 is 13.6 Å². The van der Waals surface area contributed by atoms with Gasteiger partial charge in [-0.05, 0) is 63.5 Å². The minimum absolute atomic E-state index is 0.0528. The number of nitrogen functional groups attached to an aromatic ring is 1. The lowest BCUT2D eigenvalue weighted by molar-refractivity contribution is -0.135. The number of rotatable bonds is 12. The van der Waals surface area contributed by atoms with Gasteiger partial charge in [0.1, 0.15) is 0 Å². The first-order valence-electron chi connectivity index (χ1n) is 12.8. The fourth-order valence-electron chi connectivity index (χ4n) is 3.29. The molecule has 1 saturated carbocycles. The van der Waals surface area contributed by atoms with Crippen LogP contribution in [0.1, 0.15) is 64.8 Å². The van der Waals surface area contributed by atoms with E-state index in [9.17, 15) is 13.8 Å². The topological polar surface area (TPSA) is 210 Å². The van der Waals surface area contributed by atoms with Gasteiger partial charge in [0.2, 0.25) is 11.9 Å². The number of nitrogens with zero attached hydrogens (tertiary/aromatic N) is 3. The molecule has 39 heavy (non-hydrogen) atoms. The van der Waals surface area contributed by atoms with Gasteiger partial charge in [0, 0.05) is 6.04 Å². The van der Waals surface area contributed by atoms with Crippen molar-refractivity contribution < 1.29 is 28.6 Å². The zero-order chi connectivity index (χ0) is 29.6. The number of anilines is 2. The molecule has 1 aliphatic carbocycles. The molecule has 1 unspecified atom stereocenters. The molecular weight excluding hydrogens is 528 g/mol. The summed E-state index contributed by atoms with van der Waals surface area (Å²) in [6.07, 6.45) is 4.99. The lowest BCUT2D eigenvalue weighted by Gasteiger charge is -2.20. The number of hydrogen-bond donors (Lipinski definition) is 7. The highest BCUT2D eigenvalue weighted by Gasteiger charge is 2.32. The molecule has 0 amide bonds. The van der Waals surface area contributed by atoms with Crippen molar-refractivity contribution in [3.8, 4) is 0 Å². The molecule has 0 spiro atoms. The van der Waals surface area contributed by atoms with Crippen LogP contribution in [0.4, 0.5) is 16.3 Å². The van der Waals surface area contributed by atoms with E-state index in [0.717, 1.165) is 19.3 Å². The SMILES string of the molecule is CC(C)(F)c1nc(N)nc(NC(CCCc2ccccc2)C2CC2)n1.CC(C)N.O=C(O)CNCP(=O)(O)O. The Labute approximate surface area is 229 Å². The van der Waals surface area contributed by atoms with E-state index < -0.39 is 32.1 Å². The number of carboxylic acids is 1. The van der Waals surface area contributed by atoms with Crippen molar-refractivity contribution >= 4 is 25.5 Å². The summed E-state index contributed by atoms with van der Waals surface area (Å²) in [5, 5.41) is 13.4. The number of aliphatic carboxylic acids is 1. The molecule has 1 aromatic carbocycles. The van der Waals surface area contributed by atoms with Crippen LogP contribution in [0.2, 0.25) is 0 Å². The summed E-state index contributed by atoms with van der Waals surface area (Å²) in [7, 11) is -4.10. The summed E-state index contributed by atoms with van der Waals surface area (Å²) in [5.74, 6) is -0.00715. The molecule has 14 heteroatoms. The van der Waals surface area contributed by atoms with Crippen molar-refractivity contribution in [1.29, 1.82) is 0 Å². The Morgan fingerprint density at radius 2 is 1.77 bits per heavy atom. The van der Waals surface area contributed by atoms with E-state index in [-0.39, 0.29) is 11.8 Å². The average Bonchev–Trinajstić information content (AvgIpc) is 3.63. The van der Waals surface area contributed by atoms with E-state index in [1.807, 2.05) is 19.9 Å². The number of nitrogens with one attached hydrogen (secondary N) is 2. The van der Waals surface area contributed by atoms with Crippen molar-refractivity contribution in [1.82, 2.24) is 20.3 Å². The van der Waals surface area contributed by atoms with Crippen LogP contribution in [0.15, 0.2) is 30.3 Å². The van der Waals surface area contributed by atoms with Crippen LogP contribution < -0.4 is 22.1 Å². The van der Waals surface area contributed by atoms with Gasteiger partial charge in [0.05, 0.1) is 12.8 Å². The van der Waals surface area contributed by atoms with E-state index in [0.29, 0.717) is 23.9 Å². The number of carboxylic acid groups (broad SMARTS) is 1. The quantitative estimate of drug-likeness (QED) is 0.183. The van der Waals surface area contributed by atoms with Gasteiger partial charge < -0.3 is 31.7 Å². The smallest absolute Gasteiger partial charge is 0.339 e. The monoisotopic (exact) mass is 571 g/mol. The molecule has 1 aliphatic rings. The van der Waals surface area contributed by atoms with Crippen LogP contribution in [0.25, 0.3) is 0 Å².